The number of halogens is 1. The molecule has 0 bridgehead atoms. The van der Waals surface area contributed by atoms with Crippen molar-refractivity contribution in [2.75, 3.05) is 0 Å². The molecule has 1 aliphatic rings. The van der Waals surface area contributed by atoms with E-state index in [0.717, 1.165) is 6.42 Å². The predicted octanol–water partition coefficient (Wildman–Crippen LogP) is 1.04. The number of hydrogen-bond acceptors (Lipinski definition) is 3. The van der Waals surface area contributed by atoms with Gasteiger partial charge in [0, 0.05) is 0 Å². The van der Waals surface area contributed by atoms with E-state index < -0.39 is 0 Å². The highest BCUT2D eigenvalue weighted by Gasteiger charge is 2.40. The molecule has 0 heterocycles. The molecule has 0 amide bonds. The molecule has 1 N–H and O–H groups in total. The molecule has 1 aliphatic carbocycles. The Morgan fingerprint density at radius 1 is 1.89 bits per heavy atom. The van der Waals surface area contributed by atoms with Crippen molar-refractivity contribution in [3.63, 3.8) is 0 Å². The molecular weight excluding hydrogens is 233 g/mol. The fourth-order valence-corrected chi connectivity index (χ4v) is 0.981. The normalized spacial score (nSPS) is 31.8. The lowest BCUT2D eigenvalue weighted by Gasteiger charge is -1.95. The lowest BCUT2D eigenvalue weighted by molar-refractivity contribution is -0.147. The maximum atomic E-state index is 10.7. The van der Waals surface area contributed by atoms with Crippen LogP contribution in [0.1, 0.15) is 13.3 Å². The summed E-state index contributed by atoms with van der Waals surface area (Å²) >= 11 is 1.78. The van der Waals surface area contributed by atoms with Crippen LogP contribution in [0.4, 0.5) is 0 Å². The summed E-state index contributed by atoms with van der Waals surface area (Å²) in [5.74, 6) is 0.561. The maximum absolute atomic E-state index is 10.7. The largest absolute Gasteiger partial charge is 0.361 e. The van der Waals surface area contributed by atoms with Crippen LogP contribution in [0, 0.1) is 11.8 Å². The molecule has 1 fully saturated rings. The van der Waals surface area contributed by atoms with E-state index in [1.54, 1.807) is 22.9 Å². The van der Waals surface area contributed by atoms with Crippen molar-refractivity contribution in [3.8, 4) is 0 Å². The topological polar surface area (TPSA) is 38.3 Å². The van der Waals surface area contributed by atoms with Crippen molar-refractivity contribution in [1.82, 2.24) is 3.69 Å². The Hall–Kier alpha value is 0.160. The molecule has 1 saturated carbocycles. The molecule has 2 unspecified atom stereocenters. The molecule has 52 valence electrons. The first kappa shape index (κ1) is 7.27. The summed E-state index contributed by atoms with van der Waals surface area (Å²) in [4.78, 5) is 15.3. The summed E-state index contributed by atoms with van der Waals surface area (Å²) in [7, 11) is 0. The van der Waals surface area contributed by atoms with Gasteiger partial charge in [0.15, 0.2) is 0 Å². The molecule has 0 saturated heterocycles. The van der Waals surface area contributed by atoms with E-state index in [2.05, 4.69) is 8.53 Å². The fourth-order valence-electron chi connectivity index (χ4n) is 0.764. The lowest BCUT2D eigenvalue weighted by atomic mass is 10.3. The maximum Gasteiger partial charge on any atom is 0.329 e. The number of hydrogen-bond donors (Lipinski definition) is 1. The first-order chi connectivity index (χ1) is 4.25. The molecule has 0 aromatic carbocycles. The molecule has 0 spiro atoms. The second-order valence-electron chi connectivity index (χ2n) is 2.32. The molecule has 0 aromatic rings. The van der Waals surface area contributed by atoms with Crippen LogP contribution in [0.25, 0.3) is 0 Å². The molecule has 2 atom stereocenters. The van der Waals surface area contributed by atoms with Gasteiger partial charge in [0.05, 0.1) is 28.8 Å². The Labute approximate surface area is 67.6 Å². The van der Waals surface area contributed by atoms with Crippen molar-refractivity contribution >= 4 is 28.8 Å². The minimum Gasteiger partial charge on any atom is -0.361 e. The summed E-state index contributed by atoms with van der Waals surface area (Å²) in [6.07, 6.45) is 0.983. The highest BCUT2D eigenvalue weighted by Crippen LogP contribution is 2.38. The second-order valence-corrected chi connectivity index (χ2v) is 2.76. The van der Waals surface area contributed by atoms with E-state index in [1.807, 2.05) is 6.92 Å². The van der Waals surface area contributed by atoms with Gasteiger partial charge in [-0.25, -0.2) is 0 Å². The standard InChI is InChI=1S/C5H8INO2/c1-3-2-4(3)5(8)9-7-6/h3-4,7H,2H2,1H3. The monoisotopic (exact) mass is 241 g/mol. The summed E-state index contributed by atoms with van der Waals surface area (Å²) in [5, 5.41) is 0. The molecular formula is C5H8INO2. The second kappa shape index (κ2) is 2.83. The Bertz CT molecular complexity index is 128. The van der Waals surface area contributed by atoms with Crippen molar-refractivity contribution in [3.05, 3.63) is 0 Å². The average molecular weight is 241 g/mol. The zero-order chi connectivity index (χ0) is 6.85. The molecule has 4 heteroatoms. The first-order valence-corrected chi connectivity index (χ1v) is 3.90. The third kappa shape index (κ3) is 1.79. The molecule has 3 nitrogen and oxygen atoms in total. The number of carbonyl (C=O) groups excluding carboxylic acids is 1. The SMILES string of the molecule is CC1CC1C(=O)ONI. The number of carbonyl (C=O) groups is 1. The van der Waals surface area contributed by atoms with Crippen LogP contribution in [0.5, 0.6) is 0 Å². The van der Waals surface area contributed by atoms with Crippen LogP contribution in [0.3, 0.4) is 0 Å². The Morgan fingerprint density at radius 2 is 2.44 bits per heavy atom. The molecule has 1 rings (SSSR count). The quantitative estimate of drug-likeness (QED) is 0.446. The smallest absolute Gasteiger partial charge is 0.329 e. The minimum atomic E-state index is -0.128. The predicted molar refractivity (Wildman–Crippen MR) is 40.5 cm³/mol. The van der Waals surface area contributed by atoms with Gasteiger partial charge < -0.3 is 4.84 Å². The van der Waals surface area contributed by atoms with E-state index in [0.29, 0.717) is 5.92 Å². The van der Waals surface area contributed by atoms with Crippen LogP contribution >= 0.6 is 22.9 Å². The molecule has 0 aromatic heterocycles. The Kier molecular flexibility index (Phi) is 2.29. The summed E-state index contributed by atoms with van der Waals surface area (Å²) in [6.45, 7) is 2.04. The van der Waals surface area contributed by atoms with Crippen LogP contribution in [0.2, 0.25) is 0 Å². The van der Waals surface area contributed by atoms with E-state index >= 15 is 0 Å². The van der Waals surface area contributed by atoms with Gasteiger partial charge in [-0.05, 0) is 12.3 Å². The van der Waals surface area contributed by atoms with Crippen LogP contribution in [-0.4, -0.2) is 5.97 Å². The van der Waals surface area contributed by atoms with Gasteiger partial charge in [0.2, 0.25) is 0 Å². The van der Waals surface area contributed by atoms with Crippen molar-refractivity contribution in [2.45, 2.75) is 13.3 Å². The van der Waals surface area contributed by atoms with E-state index in [4.69, 9.17) is 0 Å². The highest BCUT2D eigenvalue weighted by molar-refractivity contribution is 14.1. The van der Waals surface area contributed by atoms with Crippen LogP contribution in [-0.2, 0) is 9.63 Å². The number of nitrogens with one attached hydrogen (secondary N) is 1. The van der Waals surface area contributed by atoms with Crippen molar-refractivity contribution in [1.29, 1.82) is 0 Å². The molecule has 9 heavy (non-hydrogen) atoms. The average Bonchev–Trinajstić information content (AvgIpc) is 2.47. The fraction of sp³-hybridized carbons (Fsp3) is 0.800. The third-order valence-electron chi connectivity index (χ3n) is 1.55. The van der Waals surface area contributed by atoms with Crippen molar-refractivity contribution in [2.24, 2.45) is 11.8 Å². The van der Waals surface area contributed by atoms with Gasteiger partial charge >= 0.3 is 5.97 Å². The Balaban J connectivity index is 2.20. The van der Waals surface area contributed by atoms with Gasteiger partial charge in [-0.2, -0.15) is 0 Å². The minimum absolute atomic E-state index is 0.128. The number of rotatable bonds is 2. The van der Waals surface area contributed by atoms with Gasteiger partial charge in [0.1, 0.15) is 0 Å². The van der Waals surface area contributed by atoms with Gasteiger partial charge in [0.25, 0.3) is 0 Å². The highest BCUT2D eigenvalue weighted by atomic mass is 127. The zero-order valence-corrected chi connectivity index (χ0v) is 7.21. The summed E-state index contributed by atoms with van der Waals surface area (Å²) in [6, 6.07) is 0. The van der Waals surface area contributed by atoms with Gasteiger partial charge in [-0.3, -0.25) is 4.79 Å². The molecule has 0 radical (unpaired) electrons. The zero-order valence-electron chi connectivity index (χ0n) is 5.06. The van der Waals surface area contributed by atoms with E-state index in [1.165, 1.54) is 0 Å². The van der Waals surface area contributed by atoms with E-state index in [9.17, 15) is 4.79 Å². The summed E-state index contributed by atoms with van der Waals surface area (Å²) in [5.41, 5.74) is 0. The van der Waals surface area contributed by atoms with Crippen LogP contribution < -0.4 is 3.69 Å². The van der Waals surface area contributed by atoms with Crippen molar-refractivity contribution < 1.29 is 9.63 Å². The lowest BCUT2D eigenvalue weighted by Crippen LogP contribution is -2.12. The van der Waals surface area contributed by atoms with E-state index in [-0.39, 0.29) is 11.9 Å². The molecule has 0 aliphatic heterocycles. The third-order valence-corrected chi connectivity index (χ3v) is 1.77. The first-order valence-electron chi connectivity index (χ1n) is 2.82. The van der Waals surface area contributed by atoms with Gasteiger partial charge in [-0.15, -0.1) is 0 Å². The van der Waals surface area contributed by atoms with Gasteiger partial charge in [-0.1, -0.05) is 10.6 Å². The summed E-state index contributed by atoms with van der Waals surface area (Å²) < 4.78 is 2.33. The van der Waals surface area contributed by atoms with Crippen LogP contribution in [0.15, 0.2) is 0 Å². The Morgan fingerprint density at radius 3 is 2.78 bits per heavy atom.